The molecule has 0 radical (unpaired) electrons. The molecule has 0 saturated carbocycles. The second kappa shape index (κ2) is 10.4. The molecule has 27 heavy (non-hydrogen) atoms. The third kappa shape index (κ3) is 6.84. The first-order valence-corrected chi connectivity index (χ1v) is 9.11. The first kappa shape index (κ1) is 20.6. The molecule has 0 aliphatic heterocycles. The summed E-state index contributed by atoms with van der Waals surface area (Å²) in [6, 6.07) is 16.6. The number of nitrogens with one attached hydrogen (secondary N) is 2. The van der Waals surface area contributed by atoms with E-state index >= 15 is 0 Å². The average molecular weight is 385 g/mol. The molecular formula is C21H24N2O3S. The zero-order valence-electron chi connectivity index (χ0n) is 15.4. The molecule has 1 amide bonds. The van der Waals surface area contributed by atoms with Gasteiger partial charge >= 0.3 is 0 Å². The Hall–Kier alpha value is -2.70. The summed E-state index contributed by atoms with van der Waals surface area (Å²) in [4.78, 5) is 12.4. The van der Waals surface area contributed by atoms with Crippen LogP contribution in [-0.2, 0) is 4.79 Å². The lowest BCUT2D eigenvalue weighted by Crippen LogP contribution is -2.42. The molecule has 6 heteroatoms. The smallest absolute Gasteiger partial charge is 0.244 e. The Bertz CT molecular complexity index is 774. The summed E-state index contributed by atoms with van der Waals surface area (Å²) < 4.78 is 5.80. The van der Waals surface area contributed by atoms with E-state index in [1.165, 1.54) is 6.08 Å². The van der Waals surface area contributed by atoms with E-state index in [2.05, 4.69) is 5.32 Å². The monoisotopic (exact) mass is 384 g/mol. The maximum atomic E-state index is 12.2. The minimum absolute atomic E-state index is 0.127. The van der Waals surface area contributed by atoms with E-state index in [0.717, 1.165) is 5.56 Å². The molecule has 0 unspecified atom stereocenters. The van der Waals surface area contributed by atoms with E-state index in [4.69, 9.17) is 22.2 Å². The summed E-state index contributed by atoms with van der Waals surface area (Å²) in [5, 5.41) is 11.8. The zero-order valence-corrected chi connectivity index (χ0v) is 16.2. The largest absolute Gasteiger partial charge is 0.491 e. The van der Waals surface area contributed by atoms with Crippen molar-refractivity contribution < 1.29 is 14.7 Å². The highest BCUT2D eigenvalue weighted by Crippen LogP contribution is 2.14. The summed E-state index contributed by atoms with van der Waals surface area (Å²) in [5.41, 5.74) is 3.61. The minimum Gasteiger partial charge on any atom is -0.491 e. The molecule has 0 bridgehead atoms. The molecule has 3 N–H and O–H groups in total. The molecule has 5 nitrogen and oxygen atoms in total. The van der Waals surface area contributed by atoms with Gasteiger partial charge in [0.1, 0.15) is 17.3 Å². The molecule has 0 spiro atoms. The molecule has 142 valence electrons. The second-order valence-corrected chi connectivity index (χ2v) is 6.79. The minimum atomic E-state index is -0.157. The van der Waals surface area contributed by atoms with Crippen molar-refractivity contribution in [2.75, 3.05) is 6.61 Å². The lowest BCUT2D eigenvalue weighted by atomic mass is 10.1. The van der Waals surface area contributed by atoms with Crippen molar-refractivity contribution in [1.29, 1.82) is 0 Å². The van der Waals surface area contributed by atoms with Crippen LogP contribution >= 0.6 is 12.2 Å². The van der Waals surface area contributed by atoms with E-state index in [-0.39, 0.29) is 22.9 Å². The van der Waals surface area contributed by atoms with Crippen LogP contribution in [0.2, 0.25) is 0 Å². The van der Waals surface area contributed by atoms with Crippen molar-refractivity contribution in [3.8, 4) is 5.75 Å². The van der Waals surface area contributed by atoms with Gasteiger partial charge in [0.05, 0.1) is 6.04 Å². The number of amides is 1. The molecule has 2 aromatic rings. The quantitative estimate of drug-likeness (QED) is 0.369. The normalized spacial score (nSPS) is 12.0. The van der Waals surface area contributed by atoms with Crippen molar-refractivity contribution >= 4 is 29.2 Å². The number of hydrogen-bond donors (Lipinski definition) is 3. The lowest BCUT2D eigenvalue weighted by Gasteiger charge is -2.22. The van der Waals surface area contributed by atoms with Crippen LogP contribution in [-0.4, -0.2) is 28.8 Å². The number of hydroxylamine groups is 1. The molecule has 0 saturated heterocycles. The molecule has 2 aromatic carbocycles. The molecule has 0 heterocycles. The zero-order chi connectivity index (χ0) is 19.6. The lowest BCUT2D eigenvalue weighted by molar-refractivity contribution is -0.117. The van der Waals surface area contributed by atoms with Crippen molar-refractivity contribution in [2.24, 2.45) is 5.92 Å². The fraction of sp³-hybridized carbons (Fsp3) is 0.238. The van der Waals surface area contributed by atoms with Crippen molar-refractivity contribution in [1.82, 2.24) is 10.8 Å². The Kier molecular flexibility index (Phi) is 7.98. The van der Waals surface area contributed by atoms with Gasteiger partial charge in [-0.2, -0.15) is 0 Å². The van der Waals surface area contributed by atoms with Crippen LogP contribution in [0.15, 0.2) is 60.7 Å². The number of ether oxygens (including phenoxy) is 1. The third-order valence-electron chi connectivity index (χ3n) is 4.01. The van der Waals surface area contributed by atoms with E-state index in [0.29, 0.717) is 17.9 Å². The fourth-order valence-corrected chi connectivity index (χ4v) is 2.46. The van der Waals surface area contributed by atoms with Crippen LogP contribution in [0, 0.1) is 5.92 Å². The Morgan fingerprint density at radius 1 is 1.15 bits per heavy atom. The number of benzene rings is 2. The SMILES string of the molecule is CC(C)[C@H](COc1ccc(C(=S)NO)cc1)NC(=O)/C=C/c1ccccc1. The highest BCUT2D eigenvalue weighted by atomic mass is 32.1. The molecule has 0 aromatic heterocycles. The summed E-state index contributed by atoms with van der Waals surface area (Å²) in [6.45, 7) is 4.41. The number of hydrogen-bond acceptors (Lipinski definition) is 4. The Morgan fingerprint density at radius 2 is 1.81 bits per heavy atom. The summed E-state index contributed by atoms with van der Waals surface area (Å²) >= 11 is 4.96. The van der Waals surface area contributed by atoms with Gasteiger partial charge in [-0.1, -0.05) is 56.4 Å². The van der Waals surface area contributed by atoms with E-state index in [9.17, 15) is 4.79 Å². The number of rotatable bonds is 8. The van der Waals surface area contributed by atoms with E-state index < -0.39 is 0 Å². The molecule has 0 aliphatic rings. The number of carbonyl (C=O) groups excluding carboxylic acids is 1. The molecule has 2 rings (SSSR count). The van der Waals surface area contributed by atoms with E-state index in [1.807, 2.05) is 49.7 Å². The van der Waals surface area contributed by atoms with Gasteiger partial charge in [-0.15, -0.1) is 0 Å². The van der Waals surface area contributed by atoms with Gasteiger partial charge < -0.3 is 10.1 Å². The molecule has 0 aliphatic carbocycles. The van der Waals surface area contributed by atoms with Crippen LogP contribution in [0.25, 0.3) is 6.08 Å². The van der Waals surface area contributed by atoms with Crippen LogP contribution in [0.5, 0.6) is 5.75 Å². The summed E-state index contributed by atoms with van der Waals surface area (Å²) in [7, 11) is 0. The Labute approximate surface area is 165 Å². The summed E-state index contributed by atoms with van der Waals surface area (Å²) in [6.07, 6.45) is 3.31. The summed E-state index contributed by atoms with van der Waals surface area (Å²) in [5.74, 6) is 0.722. The highest BCUT2D eigenvalue weighted by Gasteiger charge is 2.16. The molecule has 0 fully saturated rings. The van der Waals surface area contributed by atoms with Gasteiger partial charge in [-0.05, 0) is 41.8 Å². The van der Waals surface area contributed by atoms with E-state index in [1.54, 1.807) is 30.3 Å². The molecular weight excluding hydrogens is 360 g/mol. The topological polar surface area (TPSA) is 70.6 Å². The Balaban J connectivity index is 1.90. The van der Waals surface area contributed by atoms with Crippen LogP contribution in [0.3, 0.4) is 0 Å². The third-order valence-corrected chi connectivity index (χ3v) is 4.33. The maximum absolute atomic E-state index is 12.2. The van der Waals surface area contributed by atoms with Gasteiger partial charge in [0.25, 0.3) is 0 Å². The average Bonchev–Trinajstić information content (AvgIpc) is 2.70. The van der Waals surface area contributed by atoms with Gasteiger partial charge in [0.2, 0.25) is 5.91 Å². The van der Waals surface area contributed by atoms with Gasteiger partial charge in [-0.3, -0.25) is 15.5 Å². The first-order chi connectivity index (χ1) is 13.0. The first-order valence-electron chi connectivity index (χ1n) is 8.70. The maximum Gasteiger partial charge on any atom is 0.244 e. The van der Waals surface area contributed by atoms with Gasteiger partial charge in [0, 0.05) is 11.6 Å². The standard InChI is InChI=1S/C21H24N2O3S/c1-15(2)19(22-20(24)13-8-16-6-4-3-5-7-16)14-26-18-11-9-17(10-12-18)21(27)23-25/h3-13,15,19,25H,14H2,1-2H3,(H,22,24)(H,23,27)/b13-8+/t19-/m0/s1. The van der Waals surface area contributed by atoms with Crippen LogP contribution in [0.1, 0.15) is 25.0 Å². The van der Waals surface area contributed by atoms with Crippen LogP contribution < -0.4 is 15.5 Å². The van der Waals surface area contributed by atoms with Crippen molar-refractivity contribution in [2.45, 2.75) is 19.9 Å². The van der Waals surface area contributed by atoms with Gasteiger partial charge in [-0.25, -0.2) is 0 Å². The molecule has 1 atom stereocenters. The number of thiocarbonyl (C=S) groups is 1. The Morgan fingerprint density at radius 3 is 2.41 bits per heavy atom. The van der Waals surface area contributed by atoms with Crippen LogP contribution in [0.4, 0.5) is 0 Å². The van der Waals surface area contributed by atoms with Gasteiger partial charge in [0.15, 0.2) is 0 Å². The van der Waals surface area contributed by atoms with Crippen molar-refractivity contribution in [3.63, 3.8) is 0 Å². The van der Waals surface area contributed by atoms with Crippen molar-refractivity contribution in [3.05, 3.63) is 71.8 Å². The second-order valence-electron chi connectivity index (χ2n) is 6.38. The fourth-order valence-electron chi connectivity index (χ4n) is 2.32. The predicted octanol–water partition coefficient (Wildman–Crippen LogP) is 3.57. The predicted molar refractivity (Wildman–Crippen MR) is 111 cm³/mol. The number of carbonyl (C=O) groups is 1. The highest BCUT2D eigenvalue weighted by molar-refractivity contribution is 7.80.